The molecule has 1 aromatic carbocycles. The van der Waals surface area contributed by atoms with Gasteiger partial charge in [-0.15, -0.1) is 0 Å². The van der Waals surface area contributed by atoms with Crippen LogP contribution in [-0.2, 0) is 20.6 Å². The first kappa shape index (κ1) is 15.0. The first-order valence-corrected chi connectivity index (χ1v) is 6.27. The average Bonchev–Trinajstić information content (AvgIpc) is 2.46. The van der Waals surface area contributed by atoms with Gasteiger partial charge in [0.25, 0.3) is 5.56 Å². The zero-order chi connectivity index (χ0) is 15.7. The lowest BCUT2D eigenvalue weighted by Crippen LogP contribution is -2.38. The molecule has 21 heavy (non-hydrogen) atoms. The molecule has 112 valence electrons. The summed E-state index contributed by atoms with van der Waals surface area (Å²) in [5.74, 6) is -1.42. The van der Waals surface area contributed by atoms with E-state index in [1.807, 2.05) is 0 Å². The zero-order valence-electron chi connectivity index (χ0n) is 11.9. The third-order valence-electron chi connectivity index (χ3n) is 3.36. The standard InChI is InChI=1S/C14H15F2N3O2/c1-8-4-5-10(15)13(12(8)16)17-7-9-6-11(20)19(3)14(21)18(9)2/h4-6,17H,7H2,1-3H3. The van der Waals surface area contributed by atoms with Crippen LogP contribution < -0.4 is 16.6 Å². The highest BCUT2D eigenvalue weighted by atomic mass is 19.1. The molecule has 0 fully saturated rings. The third-order valence-corrected chi connectivity index (χ3v) is 3.36. The molecule has 2 rings (SSSR count). The number of hydrogen-bond acceptors (Lipinski definition) is 3. The van der Waals surface area contributed by atoms with E-state index in [1.54, 1.807) is 0 Å². The summed E-state index contributed by atoms with van der Waals surface area (Å²) in [6, 6.07) is 3.74. The van der Waals surface area contributed by atoms with Crippen molar-refractivity contribution < 1.29 is 8.78 Å². The Morgan fingerprint density at radius 1 is 1.14 bits per heavy atom. The van der Waals surface area contributed by atoms with E-state index in [0.29, 0.717) is 11.3 Å². The van der Waals surface area contributed by atoms with Crippen molar-refractivity contribution in [3.8, 4) is 0 Å². The van der Waals surface area contributed by atoms with Crippen molar-refractivity contribution in [3.63, 3.8) is 0 Å². The van der Waals surface area contributed by atoms with Gasteiger partial charge < -0.3 is 5.32 Å². The first-order valence-electron chi connectivity index (χ1n) is 6.27. The summed E-state index contributed by atoms with van der Waals surface area (Å²) in [5, 5.41) is 2.60. The maximum absolute atomic E-state index is 13.9. The molecule has 1 heterocycles. The van der Waals surface area contributed by atoms with Crippen LogP contribution in [0.3, 0.4) is 0 Å². The maximum atomic E-state index is 13.9. The van der Waals surface area contributed by atoms with Gasteiger partial charge in [-0.05, 0) is 18.6 Å². The van der Waals surface area contributed by atoms with Gasteiger partial charge >= 0.3 is 5.69 Å². The minimum atomic E-state index is -0.730. The number of nitrogens with one attached hydrogen (secondary N) is 1. The van der Waals surface area contributed by atoms with E-state index >= 15 is 0 Å². The Morgan fingerprint density at radius 3 is 2.48 bits per heavy atom. The van der Waals surface area contributed by atoms with Crippen molar-refractivity contribution >= 4 is 5.69 Å². The number of halogens is 2. The van der Waals surface area contributed by atoms with Crippen LogP contribution in [0.1, 0.15) is 11.3 Å². The van der Waals surface area contributed by atoms with E-state index in [4.69, 9.17) is 0 Å². The fourth-order valence-corrected chi connectivity index (χ4v) is 1.95. The molecule has 0 aliphatic heterocycles. The molecule has 0 saturated carbocycles. The van der Waals surface area contributed by atoms with Crippen molar-refractivity contribution in [2.24, 2.45) is 14.1 Å². The van der Waals surface area contributed by atoms with E-state index < -0.39 is 22.9 Å². The van der Waals surface area contributed by atoms with Gasteiger partial charge in [-0.2, -0.15) is 0 Å². The number of anilines is 1. The minimum Gasteiger partial charge on any atom is -0.375 e. The number of rotatable bonds is 3. The van der Waals surface area contributed by atoms with Crippen molar-refractivity contribution in [1.82, 2.24) is 9.13 Å². The third kappa shape index (κ3) is 2.72. The van der Waals surface area contributed by atoms with Crippen molar-refractivity contribution in [2.45, 2.75) is 13.5 Å². The number of nitrogens with zero attached hydrogens (tertiary/aromatic N) is 2. The largest absolute Gasteiger partial charge is 0.375 e. The number of aryl methyl sites for hydroxylation is 1. The Bertz CT molecular complexity index is 809. The van der Waals surface area contributed by atoms with Crippen molar-refractivity contribution in [1.29, 1.82) is 0 Å². The molecule has 0 radical (unpaired) electrons. The van der Waals surface area contributed by atoms with Gasteiger partial charge in [-0.3, -0.25) is 13.9 Å². The van der Waals surface area contributed by atoms with Crippen LogP contribution in [0, 0.1) is 18.6 Å². The van der Waals surface area contributed by atoms with Gasteiger partial charge in [-0.1, -0.05) is 6.07 Å². The minimum absolute atomic E-state index is 0.0425. The van der Waals surface area contributed by atoms with E-state index in [9.17, 15) is 18.4 Å². The molecule has 0 aliphatic rings. The van der Waals surface area contributed by atoms with E-state index in [1.165, 1.54) is 37.7 Å². The topological polar surface area (TPSA) is 56.0 Å². The fraction of sp³-hybridized carbons (Fsp3) is 0.286. The van der Waals surface area contributed by atoms with E-state index in [2.05, 4.69) is 5.32 Å². The number of aromatic nitrogens is 2. The van der Waals surface area contributed by atoms with E-state index in [0.717, 1.165) is 10.6 Å². The first-order chi connectivity index (χ1) is 9.82. The van der Waals surface area contributed by atoms with Gasteiger partial charge in [0.1, 0.15) is 11.5 Å². The molecule has 0 atom stereocenters. The monoisotopic (exact) mass is 295 g/mol. The smallest absolute Gasteiger partial charge is 0.330 e. The SMILES string of the molecule is Cc1ccc(F)c(NCc2cc(=O)n(C)c(=O)n2C)c1F. The molecule has 1 aromatic heterocycles. The predicted octanol–water partition coefficient (Wildman–Crippen LogP) is 1.28. The molecular formula is C14H15F2N3O2. The summed E-state index contributed by atoms with van der Waals surface area (Å²) in [7, 11) is 2.85. The molecule has 0 saturated heterocycles. The molecule has 0 unspecified atom stereocenters. The second-order valence-electron chi connectivity index (χ2n) is 4.78. The van der Waals surface area contributed by atoms with Gasteiger partial charge in [0.2, 0.25) is 0 Å². The van der Waals surface area contributed by atoms with E-state index in [-0.39, 0.29) is 12.2 Å². The Morgan fingerprint density at radius 2 is 1.81 bits per heavy atom. The van der Waals surface area contributed by atoms with Crippen LogP contribution in [0.4, 0.5) is 14.5 Å². The van der Waals surface area contributed by atoms with Crippen LogP contribution in [0.2, 0.25) is 0 Å². The number of hydrogen-bond donors (Lipinski definition) is 1. The summed E-state index contributed by atoms with van der Waals surface area (Å²) < 4.78 is 29.7. The molecule has 0 bridgehead atoms. The Kier molecular flexibility index (Phi) is 3.93. The Labute approximate surface area is 119 Å². The normalized spacial score (nSPS) is 10.7. The quantitative estimate of drug-likeness (QED) is 0.928. The van der Waals surface area contributed by atoms with Crippen LogP contribution in [0.15, 0.2) is 27.8 Å². The summed E-state index contributed by atoms with van der Waals surface area (Å²) in [4.78, 5) is 23.3. The second-order valence-corrected chi connectivity index (χ2v) is 4.78. The Hall–Kier alpha value is -2.44. The van der Waals surface area contributed by atoms with Gasteiger partial charge in [0.15, 0.2) is 5.82 Å². The van der Waals surface area contributed by atoms with Crippen LogP contribution in [0.25, 0.3) is 0 Å². The lowest BCUT2D eigenvalue weighted by molar-refractivity contribution is 0.580. The Balaban J connectivity index is 2.36. The van der Waals surface area contributed by atoms with Crippen molar-refractivity contribution in [2.75, 3.05) is 5.32 Å². The van der Waals surface area contributed by atoms with Gasteiger partial charge in [0.05, 0.1) is 6.54 Å². The summed E-state index contributed by atoms with van der Waals surface area (Å²) >= 11 is 0. The number of benzene rings is 1. The second kappa shape index (κ2) is 5.51. The summed E-state index contributed by atoms with van der Waals surface area (Å²) in [5.41, 5.74) is -0.604. The summed E-state index contributed by atoms with van der Waals surface area (Å²) in [6.07, 6.45) is 0. The van der Waals surface area contributed by atoms with Crippen LogP contribution in [0.5, 0.6) is 0 Å². The molecular weight excluding hydrogens is 280 g/mol. The van der Waals surface area contributed by atoms with Crippen molar-refractivity contribution in [3.05, 3.63) is 61.9 Å². The fourth-order valence-electron chi connectivity index (χ4n) is 1.95. The molecule has 7 heteroatoms. The highest BCUT2D eigenvalue weighted by molar-refractivity contribution is 5.49. The maximum Gasteiger partial charge on any atom is 0.330 e. The molecule has 1 N–H and O–H groups in total. The summed E-state index contributed by atoms with van der Waals surface area (Å²) in [6.45, 7) is 1.48. The highest BCUT2D eigenvalue weighted by Crippen LogP contribution is 2.21. The van der Waals surface area contributed by atoms with Gasteiger partial charge in [0, 0.05) is 25.9 Å². The molecule has 2 aromatic rings. The molecule has 0 aliphatic carbocycles. The van der Waals surface area contributed by atoms with Crippen LogP contribution in [-0.4, -0.2) is 9.13 Å². The molecule has 5 nitrogen and oxygen atoms in total. The lowest BCUT2D eigenvalue weighted by atomic mass is 10.2. The zero-order valence-corrected chi connectivity index (χ0v) is 11.9. The molecule has 0 amide bonds. The molecule has 0 spiro atoms. The average molecular weight is 295 g/mol. The predicted molar refractivity (Wildman–Crippen MR) is 75.3 cm³/mol. The van der Waals surface area contributed by atoms with Gasteiger partial charge in [-0.25, -0.2) is 13.6 Å². The highest BCUT2D eigenvalue weighted by Gasteiger charge is 2.12. The lowest BCUT2D eigenvalue weighted by Gasteiger charge is -2.13. The van der Waals surface area contributed by atoms with Crippen LogP contribution >= 0.6 is 0 Å².